The zero-order valence-corrected chi connectivity index (χ0v) is 9.35. The molecule has 0 saturated heterocycles. The van der Waals surface area contributed by atoms with Gasteiger partial charge >= 0.3 is 0 Å². The zero-order valence-electron chi connectivity index (χ0n) is 9.35. The summed E-state index contributed by atoms with van der Waals surface area (Å²) in [6, 6.07) is 12.6. The minimum absolute atomic E-state index is 0.146. The molecular formula is C13H10N2O3. The Hall–Kier alpha value is -2.40. The van der Waals surface area contributed by atoms with Gasteiger partial charge in [-0.05, 0) is 17.7 Å². The van der Waals surface area contributed by atoms with Crippen LogP contribution in [0.15, 0.2) is 57.7 Å². The van der Waals surface area contributed by atoms with Crippen LogP contribution in [-0.2, 0) is 0 Å². The molecule has 1 aromatic carbocycles. The first-order valence-corrected chi connectivity index (χ1v) is 5.45. The molecule has 2 heterocycles. The monoisotopic (exact) mass is 242 g/mol. The largest absolute Gasteiger partial charge is 0.461 e. The molecule has 0 fully saturated rings. The predicted molar refractivity (Wildman–Crippen MR) is 62.5 cm³/mol. The maximum absolute atomic E-state index is 10.1. The van der Waals surface area contributed by atoms with Crippen LogP contribution < -0.4 is 0 Å². The van der Waals surface area contributed by atoms with Crippen molar-refractivity contribution in [2.75, 3.05) is 0 Å². The van der Waals surface area contributed by atoms with E-state index in [2.05, 4.69) is 10.1 Å². The Bertz CT molecular complexity index is 617. The third-order valence-corrected chi connectivity index (χ3v) is 2.53. The van der Waals surface area contributed by atoms with Crippen molar-refractivity contribution in [3.63, 3.8) is 0 Å². The fourth-order valence-corrected chi connectivity index (χ4v) is 1.63. The normalized spacial score (nSPS) is 12.5. The minimum Gasteiger partial charge on any atom is -0.461 e. The molecule has 0 spiro atoms. The molecule has 2 aromatic heterocycles. The lowest BCUT2D eigenvalue weighted by atomic mass is 10.1. The summed E-state index contributed by atoms with van der Waals surface area (Å²) in [5, 5.41) is 13.8. The van der Waals surface area contributed by atoms with Crippen LogP contribution >= 0.6 is 0 Å². The van der Waals surface area contributed by atoms with Gasteiger partial charge in [0.05, 0.1) is 6.26 Å². The quantitative estimate of drug-likeness (QED) is 0.763. The molecule has 18 heavy (non-hydrogen) atoms. The fourth-order valence-electron chi connectivity index (χ4n) is 1.63. The molecule has 0 aliphatic heterocycles. The highest BCUT2D eigenvalue weighted by atomic mass is 16.5. The third kappa shape index (κ3) is 1.91. The Labute approximate surface area is 103 Å². The number of aromatic nitrogens is 2. The lowest BCUT2D eigenvalue weighted by molar-refractivity contribution is 0.170. The summed E-state index contributed by atoms with van der Waals surface area (Å²) < 4.78 is 10.2. The Morgan fingerprint density at radius 3 is 2.61 bits per heavy atom. The molecule has 1 atom stereocenters. The number of benzene rings is 1. The van der Waals surface area contributed by atoms with E-state index in [-0.39, 0.29) is 5.89 Å². The van der Waals surface area contributed by atoms with Gasteiger partial charge in [0.1, 0.15) is 0 Å². The number of aliphatic hydroxyl groups excluding tert-OH is 1. The van der Waals surface area contributed by atoms with Crippen LogP contribution in [0, 0.1) is 0 Å². The molecule has 0 saturated carbocycles. The van der Waals surface area contributed by atoms with Crippen LogP contribution in [0.3, 0.4) is 0 Å². The van der Waals surface area contributed by atoms with E-state index >= 15 is 0 Å². The summed E-state index contributed by atoms with van der Waals surface area (Å²) in [6.45, 7) is 0. The lowest BCUT2D eigenvalue weighted by Crippen LogP contribution is -1.99. The van der Waals surface area contributed by atoms with Crippen molar-refractivity contribution in [3.8, 4) is 11.6 Å². The number of nitrogens with zero attached hydrogens (tertiary/aromatic N) is 2. The Morgan fingerprint density at radius 2 is 1.89 bits per heavy atom. The van der Waals surface area contributed by atoms with Crippen molar-refractivity contribution in [2.45, 2.75) is 6.10 Å². The smallest absolute Gasteiger partial charge is 0.260 e. The molecule has 0 aliphatic rings. The Kier molecular flexibility index (Phi) is 2.66. The highest BCUT2D eigenvalue weighted by Gasteiger charge is 2.19. The highest BCUT2D eigenvalue weighted by Crippen LogP contribution is 2.23. The van der Waals surface area contributed by atoms with E-state index in [4.69, 9.17) is 8.94 Å². The number of hydrogen-bond acceptors (Lipinski definition) is 5. The molecule has 3 aromatic rings. The van der Waals surface area contributed by atoms with Gasteiger partial charge in [-0.25, -0.2) is 0 Å². The van der Waals surface area contributed by atoms with Crippen LogP contribution in [0.4, 0.5) is 0 Å². The maximum Gasteiger partial charge on any atom is 0.260 e. The second kappa shape index (κ2) is 4.46. The topological polar surface area (TPSA) is 72.3 Å². The van der Waals surface area contributed by atoms with Crippen molar-refractivity contribution in [2.24, 2.45) is 0 Å². The summed E-state index contributed by atoms with van der Waals surface area (Å²) in [7, 11) is 0. The molecule has 3 rings (SSSR count). The van der Waals surface area contributed by atoms with E-state index in [0.717, 1.165) is 0 Å². The molecule has 1 unspecified atom stereocenters. The van der Waals surface area contributed by atoms with Gasteiger partial charge in [-0.2, -0.15) is 4.98 Å². The first-order chi connectivity index (χ1) is 8.84. The SMILES string of the molecule is OC(c1ccccc1)c1nc(-c2ccco2)no1. The lowest BCUT2D eigenvalue weighted by Gasteiger charge is -2.04. The van der Waals surface area contributed by atoms with Crippen molar-refractivity contribution in [3.05, 3.63) is 60.2 Å². The van der Waals surface area contributed by atoms with Gasteiger partial charge in [-0.3, -0.25) is 0 Å². The molecule has 5 nitrogen and oxygen atoms in total. The van der Waals surface area contributed by atoms with Gasteiger partial charge in [-0.15, -0.1) is 0 Å². The zero-order chi connectivity index (χ0) is 12.4. The predicted octanol–water partition coefficient (Wildman–Crippen LogP) is 2.41. The molecule has 0 aliphatic carbocycles. The van der Waals surface area contributed by atoms with E-state index in [9.17, 15) is 5.11 Å². The third-order valence-electron chi connectivity index (χ3n) is 2.53. The molecule has 0 bridgehead atoms. The summed E-state index contributed by atoms with van der Waals surface area (Å²) in [5.74, 6) is 0.975. The molecule has 5 heteroatoms. The summed E-state index contributed by atoms with van der Waals surface area (Å²) >= 11 is 0. The van der Waals surface area contributed by atoms with E-state index in [1.54, 1.807) is 24.3 Å². The number of hydrogen-bond donors (Lipinski definition) is 1. The van der Waals surface area contributed by atoms with Crippen LogP contribution in [0.25, 0.3) is 11.6 Å². The summed E-state index contributed by atoms with van der Waals surface area (Å²) in [5.41, 5.74) is 0.701. The van der Waals surface area contributed by atoms with Crippen LogP contribution in [-0.4, -0.2) is 15.2 Å². The fraction of sp³-hybridized carbons (Fsp3) is 0.0769. The Balaban J connectivity index is 1.90. The van der Waals surface area contributed by atoms with E-state index in [1.807, 2.05) is 18.2 Å². The van der Waals surface area contributed by atoms with Crippen LogP contribution in [0.5, 0.6) is 0 Å². The van der Waals surface area contributed by atoms with Gasteiger partial charge < -0.3 is 14.0 Å². The van der Waals surface area contributed by atoms with Gasteiger partial charge in [0, 0.05) is 0 Å². The van der Waals surface area contributed by atoms with Crippen LogP contribution in [0.1, 0.15) is 17.6 Å². The standard InChI is InChI=1S/C13H10N2O3/c16-11(9-5-2-1-3-6-9)13-14-12(15-18-13)10-7-4-8-17-10/h1-8,11,16H. The number of furan rings is 1. The van der Waals surface area contributed by atoms with Crippen molar-refractivity contribution in [1.29, 1.82) is 0 Å². The molecule has 90 valence electrons. The summed E-state index contributed by atoms with van der Waals surface area (Å²) in [4.78, 5) is 4.11. The van der Waals surface area contributed by atoms with Crippen molar-refractivity contribution < 1.29 is 14.0 Å². The highest BCUT2D eigenvalue weighted by molar-refractivity contribution is 5.45. The minimum atomic E-state index is -0.928. The van der Waals surface area contributed by atoms with Gasteiger partial charge in [0.25, 0.3) is 5.89 Å². The molecular weight excluding hydrogens is 232 g/mol. The van der Waals surface area contributed by atoms with Crippen LogP contribution in [0.2, 0.25) is 0 Å². The number of rotatable bonds is 3. The van der Waals surface area contributed by atoms with Gasteiger partial charge in [0.2, 0.25) is 5.82 Å². The van der Waals surface area contributed by atoms with Gasteiger partial charge in [0.15, 0.2) is 11.9 Å². The van der Waals surface area contributed by atoms with E-state index in [1.165, 1.54) is 6.26 Å². The second-order valence-corrected chi connectivity index (χ2v) is 3.75. The first kappa shape index (κ1) is 10.7. The molecule has 0 radical (unpaired) electrons. The van der Waals surface area contributed by atoms with E-state index < -0.39 is 6.10 Å². The average molecular weight is 242 g/mol. The first-order valence-electron chi connectivity index (χ1n) is 5.45. The number of aliphatic hydroxyl groups is 1. The average Bonchev–Trinajstić information content (AvgIpc) is 3.09. The van der Waals surface area contributed by atoms with E-state index in [0.29, 0.717) is 17.1 Å². The molecule has 1 N–H and O–H groups in total. The summed E-state index contributed by atoms with van der Waals surface area (Å²) in [6.07, 6.45) is 0.598. The van der Waals surface area contributed by atoms with Crippen molar-refractivity contribution >= 4 is 0 Å². The van der Waals surface area contributed by atoms with Gasteiger partial charge in [-0.1, -0.05) is 35.5 Å². The second-order valence-electron chi connectivity index (χ2n) is 3.75. The van der Waals surface area contributed by atoms with Crippen molar-refractivity contribution in [1.82, 2.24) is 10.1 Å². The maximum atomic E-state index is 10.1. The Morgan fingerprint density at radius 1 is 1.06 bits per heavy atom. The molecule has 0 amide bonds.